The predicted molar refractivity (Wildman–Crippen MR) is 101 cm³/mol. The van der Waals surface area contributed by atoms with Crippen molar-refractivity contribution in [1.29, 1.82) is 5.26 Å². The molecule has 0 radical (unpaired) electrons. The minimum atomic E-state index is -0.410. The summed E-state index contributed by atoms with van der Waals surface area (Å²) in [6.07, 6.45) is 8.25. The van der Waals surface area contributed by atoms with E-state index in [0.29, 0.717) is 12.1 Å². The Hall–Kier alpha value is -2.68. The average molecular weight is 360 g/mol. The molecule has 0 aliphatic carbocycles. The van der Waals surface area contributed by atoms with Gasteiger partial charge < -0.3 is 19.9 Å². The van der Waals surface area contributed by atoms with E-state index < -0.39 is 5.91 Å². The van der Waals surface area contributed by atoms with E-state index in [1.54, 1.807) is 0 Å². The number of hydrogen-bond acceptors (Lipinski definition) is 5. The topological polar surface area (TPSA) is 91.6 Å². The van der Waals surface area contributed by atoms with Crippen molar-refractivity contribution in [1.82, 2.24) is 5.32 Å². The Bertz CT molecular complexity index is 637. The van der Waals surface area contributed by atoms with Crippen LogP contribution in [0.5, 0.6) is 17.2 Å². The number of nitrogens with one attached hydrogen (secondary N) is 1. The Balaban J connectivity index is 2.70. The highest BCUT2D eigenvalue weighted by Crippen LogP contribution is 2.37. The molecule has 0 aliphatic rings. The van der Waals surface area contributed by atoms with E-state index in [1.165, 1.54) is 51.7 Å². The van der Waals surface area contributed by atoms with E-state index in [4.69, 9.17) is 9.47 Å². The molecule has 0 saturated carbocycles. The molecule has 1 rings (SSSR count). The molecular weight excluding hydrogens is 332 g/mol. The number of aromatic hydroxyl groups is 1. The van der Waals surface area contributed by atoms with Crippen LogP contribution in [0.2, 0.25) is 0 Å². The minimum absolute atomic E-state index is 0.00854. The van der Waals surface area contributed by atoms with Crippen LogP contribution in [0, 0.1) is 11.3 Å². The molecule has 2 N–H and O–H groups in total. The fourth-order valence-electron chi connectivity index (χ4n) is 2.51. The number of phenols is 1. The van der Waals surface area contributed by atoms with Crippen LogP contribution in [-0.4, -0.2) is 31.8 Å². The molecule has 142 valence electrons. The minimum Gasteiger partial charge on any atom is -0.502 e. The Morgan fingerprint density at radius 3 is 2.27 bits per heavy atom. The Labute approximate surface area is 155 Å². The zero-order valence-corrected chi connectivity index (χ0v) is 15.8. The molecule has 0 aromatic heterocycles. The number of carbonyl (C=O) groups is 1. The van der Waals surface area contributed by atoms with Gasteiger partial charge in [0, 0.05) is 6.54 Å². The first-order chi connectivity index (χ1) is 12.6. The molecule has 0 spiro atoms. The Kier molecular flexibility index (Phi) is 9.70. The van der Waals surface area contributed by atoms with E-state index in [-0.39, 0.29) is 22.8 Å². The van der Waals surface area contributed by atoms with Gasteiger partial charge in [-0.15, -0.1) is 0 Å². The number of rotatable bonds is 11. The number of phenolic OH excluding ortho intramolecular Hbond substituents is 1. The number of ether oxygens (including phenoxy) is 2. The summed E-state index contributed by atoms with van der Waals surface area (Å²) in [6.45, 7) is 2.72. The lowest BCUT2D eigenvalue weighted by molar-refractivity contribution is -0.117. The van der Waals surface area contributed by atoms with Crippen molar-refractivity contribution in [2.75, 3.05) is 20.8 Å². The summed E-state index contributed by atoms with van der Waals surface area (Å²) in [5.41, 5.74) is 0.522. The lowest BCUT2D eigenvalue weighted by Gasteiger charge is -2.10. The van der Waals surface area contributed by atoms with E-state index in [0.717, 1.165) is 19.3 Å². The maximum atomic E-state index is 12.2. The Morgan fingerprint density at radius 1 is 1.15 bits per heavy atom. The van der Waals surface area contributed by atoms with Gasteiger partial charge in [0.25, 0.3) is 5.91 Å². The molecule has 1 amide bonds. The molecule has 0 heterocycles. The van der Waals surface area contributed by atoms with Gasteiger partial charge in [0.1, 0.15) is 11.6 Å². The fourth-order valence-corrected chi connectivity index (χ4v) is 2.51. The second-order valence-electron chi connectivity index (χ2n) is 5.97. The second-order valence-corrected chi connectivity index (χ2v) is 5.97. The number of carbonyl (C=O) groups excluding carboxylic acids is 1. The zero-order chi connectivity index (χ0) is 19.4. The van der Waals surface area contributed by atoms with Crippen molar-refractivity contribution in [3.05, 3.63) is 23.3 Å². The normalized spacial score (nSPS) is 10.9. The van der Waals surface area contributed by atoms with Crippen LogP contribution in [-0.2, 0) is 4.79 Å². The molecule has 26 heavy (non-hydrogen) atoms. The van der Waals surface area contributed by atoms with E-state index >= 15 is 0 Å². The van der Waals surface area contributed by atoms with E-state index in [9.17, 15) is 15.2 Å². The van der Waals surface area contributed by atoms with Gasteiger partial charge in [-0.2, -0.15) is 5.26 Å². The molecule has 0 fully saturated rings. The van der Waals surface area contributed by atoms with Crippen LogP contribution in [0.25, 0.3) is 6.08 Å². The molecule has 1 aromatic rings. The summed E-state index contributed by atoms with van der Waals surface area (Å²) < 4.78 is 10.2. The van der Waals surface area contributed by atoms with Crippen LogP contribution in [0.4, 0.5) is 0 Å². The third-order valence-electron chi connectivity index (χ3n) is 3.99. The van der Waals surface area contributed by atoms with Crippen LogP contribution in [0.15, 0.2) is 17.7 Å². The van der Waals surface area contributed by atoms with Crippen LogP contribution < -0.4 is 14.8 Å². The van der Waals surface area contributed by atoms with Gasteiger partial charge in [0.05, 0.1) is 14.2 Å². The summed E-state index contributed by atoms with van der Waals surface area (Å²) in [4.78, 5) is 12.2. The lowest BCUT2D eigenvalue weighted by atomic mass is 10.1. The molecule has 0 aliphatic heterocycles. The Morgan fingerprint density at radius 2 is 1.73 bits per heavy atom. The highest BCUT2D eigenvalue weighted by atomic mass is 16.5. The average Bonchev–Trinajstić information content (AvgIpc) is 2.66. The van der Waals surface area contributed by atoms with Gasteiger partial charge in [-0.3, -0.25) is 4.79 Å². The zero-order valence-electron chi connectivity index (χ0n) is 15.8. The number of hydrogen-bond donors (Lipinski definition) is 2. The molecule has 0 saturated heterocycles. The van der Waals surface area contributed by atoms with E-state index in [2.05, 4.69) is 12.2 Å². The van der Waals surface area contributed by atoms with Crippen LogP contribution >= 0.6 is 0 Å². The summed E-state index contributed by atoms with van der Waals surface area (Å²) in [7, 11) is 2.83. The summed E-state index contributed by atoms with van der Waals surface area (Å²) in [5.74, 6) is -0.119. The van der Waals surface area contributed by atoms with Crippen molar-refractivity contribution in [3.8, 4) is 23.3 Å². The molecular formula is C20H28N2O4. The van der Waals surface area contributed by atoms with Crippen LogP contribution in [0.3, 0.4) is 0 Å². The van der Waals surface area contributed by atoms with Crippen molar-refractivity contribution < 1.29 is 19.4 Å². The monoisotopic (exact) mass is 360 g/mol. The fraction of sp³-hybridized carbons (Fsp3) is 0.500. The molecule has 1 aromatic carbocycles. The van der Waals surface area contributed by atoms with Crippen molar-refractivity contribution in [3.63, 3.8) is 0 Å². The van der Waals surface area contributed by atoms with Gasteiger partial charge >= 0.3 is 0 Å². The third kappa shape index (κ3) is 6.67. The SMILES string of the molecule is CCCCCCCCNC(=O)/C(C#N)=C\c1cc(OC)c(O)c(OC)c1. The van der Waals surface area contributed by atoms with Crippen molar-refractivity contribution in [2.45, 2.75) is 45.4 Å². The first-order valence-electron chi connectivity index (χ1n) is 8.92. The smallest absolute Gasteiger partial charge is 0.261 e. The molecule has 0 atom stereocenters. The highest BCUT2D eigenvalue weighted by molar-refractivity contribution is 6.01. The number of benzene rings is 1. The van der Waals surface area contributed by atoms with Gasteiger partial charge in [-0.1, -0.05) is 39.0 Å². The largest absolute Gasteiger partial charge is 0.502 e. The second kappa shape index (κ2) is 11.8. The van der Waals surface area contributed by atoms with E-state index in [1.807, 2.05) is 6.07 Å². The molecule has 6 heteroatoms. The number of methoxy groups -OCH3 is 2. The number of unbranched alkanes of at least 4 members (excludes halogenated alkanes) is 5. The first-order valence-corrected chi connectivity index (χ1v) is 8.92. The van der Waals surface area contributed by atoms with Gasteiger partial charge in [0.15, 0.2) is 11.5 Å². The number of amides is 1. The number of nitrogens with zero attached hydrogens (tertiary/aromatic N) is 1. The maximum absolute atomic E-state index is 12.2. The maximum Gasteiger partial charge on any atom is 0.261 e. The van der Waals surface area contributed by atoms with Gasteiger partial charge in [-0.05, 0) is 30.2 Å². The van der Waals surface area contributed by atoms with Crippen LogP contribution in [0.1, 0.15) is 51.0 Å². The summed E-state index contributed by atoms with van der Waals surface area (Å²) in [6, 6.07) is 4.99. The van der Waals surface area contributed by atoms with Crippen molar-refractivity contribution >= 4 is 12.0 Å². The predicted octanol–water partition coefficient (Wildman–Crippen LogP) is 3.79. The van der Waals surface area contributed by atoms with Crippen molar-refractivity contribution in [2.24, 2.45) is 0 Å². The van der Waals surface area contributed by atoms with Gasteiger partial charge in [0.2, 0.25) is 5.75 Å². The number of nitriles is 1. The lowest BCUT2D eigenvalue weighted by Crippen LogP contribution is -2.25. The summed E-state index contributed by atoms with van der Waals surface area (Å²) in [5, 5.41) is 22.0. The summed E-state index contributed by atoms with van der Waals surface area (Å²) >= 11 is 0. The standard InChI is InChI=1S/C20H28N2O4/c1-4-5-6-7-8-9-10-22-20(24)16(14-21)11-15-12-17(25-2)19(23)18(13-15)26-3/h11-13,23H,4-10H2,1-3H3,(H,22,24)/b16-11-. The first kappa shape index (κ1) is 21.4. The third-order valence-corrected chi connectivity index (χ3v) is 3.99. The molecule has 6 nitrogen and oxygen atoms in total. The molecule has 0 unspecified atom stereocenters. The molecule has 0 bridgehead atoms. The van der Waals surface area contributed by atoms with Gasteiger partial charge in [-0.25, -0.2) is 0 Å². The highest BCUT2D eigenvalue weighted by Gasteiger charge is 2.13. The quantitative estimate of drug-likeness (QED) is 0.356.